The van der Waals surface area contributed by atoms with Crippen LogP contribution in [0.25, 0.3) is 5.69 Å². The molecule has 1 N–H and O–H groups in total. The molecule has 4 heteroatoms. The molecule has 1 aromatic heterocycles. The molecule has 2 aromatic rings. The first-order valence-electron chi connectivity index (χ1n) is 5.69. The van der Waals surface area contributed by atoms with Crippen LogP contribution in [0.1, 0.15) is 23.7 Å². The number of amides is 1. The van der Waals surface area contributed by atoms with E-state index >= 15 is 0 Å². The highest BCUT2D eigenvalue weighted by atomic mass is 16.1. The van der Waals surface area contributed by atoms with Gasteiger partial charge in [-0.25, -0.2) is 4.68 Å². The highest BCUT2D eigenvalue weighted by molar-refractivity contribution is 5.94. The third-order valence-electron chi connectivity index (χ3n) is 2.43. The van der Waals surface area contributed by atoms with Gasteiger partial charge in [0.1, 0.15) is 0 Å². The molecule has 88 valence electrons. The Hall–Kier alpha value is -2.10. The zero-order valence-electron chi connectivity index (χ0n) is 9.76. The molecule has 0 fully saturated rings. The van der Waals surface area contributed by atoms with Crippen molar-refractivity contribution in [2.75, 3.05) is 6.54 Å². The summed E-state index contributed by atoms with van der Waals surface area (Å²) in [5.41, 5.74) is 1.62. The fourth-order valence-electron chi connectivity index (χ4n) is 1.53. The summed E-state index contributed by atoms with van der Waals surface area (Å²) in [5, 5.41) is 6.97. The Morgan fingerprint density at radius 3 is 2.71 bits per heavy atom. The van der Waals surface area contributed by atoms with Crippen LogP contribution in [0.5, 0.6) is 0 Å². The molecule has 1 aromatic carbocycles. The highest BCUT2D eigenvalue weighted by Crippen LogP contribution is 2.08. The fourth-order valence-corrected chi connectivity index (χ4v) is 1.53. The van der Waals surface area contributed by atoms with Gasteiger partial charge in [-0.1, -0.05) is 6.92 Å². The molecule has 0 aliphatic carbocycles. The number of aromatic nitrogens is 2. The van der Waals surface area contributed by atoms with Crippen molar-refractivity contribution >= 4 is 5.91 Å². The summed E-state index contributed by atoms with van der Waals surface area (Å²) in [5.74, 6) is -0.0288. The predicted octanol–water partition coefficient (Wildman–Crippen LogP) is 2.01. The summed E-state index contributed by atoms with van der Waals surface area (Å²) >= 11 is 0. The summed E-state index contributed by atoms with van der Waals surface area (Å²) in [4.78, 5) is 11.7. The first-order chi connectivity index (χ1) is 8.31. The van der Waals surface area contributed by atoms with Crippen LogP contribution in [0.3, 0.4) is 0 Å². The average molecular weight is 229 g/mol. The van der Waals surface area contributed by atoms with Crippen molar-refractivity contribution < 1.29 is 4.79 Å². The molecule has 1 heterocycles. The van der Waals surface area contributed by atoms with Gasteiger partial charge in [-0.3, -0.25) is 4.79 Å². The van der Waals surface area contributed by atoms with Gasteiger partial charge in [0.25, 0.3) is 5.91 Å². The molecular formula is C13H15N3O. The number of carbonyl (C=O) groups is 1. The summed E-state index contributed by atoms with van der Waals surface area (Å²) in [7, 11) is 0. The number of nitrogens with zero attached hydrogens (tertiary/aromatic N) is 2. The Balaban J connectivity index is 2.10. The van der Waals surface area contributed by atoms with E-state index in [4.69, 9.17) is 0 Å². The molecule has 0 aliphatic heterocycles. The maximum atomic E-state index is 11.7. The topological polar surface area (TPSA) is 46.9 Å². The molecule has 0 unspecified atom stereocenters. The zero-order chi connectivity index (χ0) is 12.1. The van der Waals surface area contributed by atoms with Crippen LogP contribution in [-0.2, 0) is 0 Å². The molecular weight excluding hydrogens is 214 g/mol. The molecule has 0 saturated carbocycles. The maximum absolute atomic E-state index is 11.7. The van der Waals surface area contributed by atoms with Gasteiger partial charge < -0.3 is 5.32 Å². The minimum absolute atomic E-state index is 0.0288. The largest absolute Gasteiger partial charge is 0.352 e. The summed E-state index contributed by atoms with van der Waals surface area (Å²) in [6.07, 6.45) is 4.53. The number of hydrogen-bond donors (Lipinski definition) is 1. The third-order valence-corrected chi connectivity index (χ3v) is 2.43. The standard InChI is InChI=1S/C13H15N3O/c1-2-8-14-13(17)11-4-6-12(7-5-11)16-10-3-9-15-16/h3-7,9-10H,2,8H2,1H3,(H,14,17). The molecule has 0 atom stereocenters. The summed E-state index contributed by atoms with van der Waals surface area (Å²) in [6.45, 7) is 2.74. The second kappa shape index (κ2) is 5.30. The van der Waals surface area contributed by atoms with Crippen LogP contribution in [0.15, 0.2) is 42.7 Å². The lowest BCUT2D eigenvalue weighted by molar-refractivity contribution is 0.0953. The lowest BCUT2D eigenvalue weighted by atomic mass is 10.2. The van der Waals surface area contributed by atoms with Crippen molar-refractivity contribution in [2.24, 2.45) is 0 Å². The predicted molar refractivity (Wildman–Crippen MR) is 66.2 cm³/mol. The monoisotopic (exact) mass is 229 g/mol. The smallest absolute Gasteiger partial charge is 0.251 e. The van der Waals surface area contributed by atoms with Crippen molar-refractivity contribution in [2.45, 2.75) is 13.3 Å². The van der Waals surface area contributed by atoms with E-state index in [0.29, 0.717) is 12.1 Å². The molecule has 0 spiro atoms. The van der Waals surface area contributed by atoms with Crippen molar-refractivity contribution in [3.63, 3.8) is 0 Å². The molecule has 17 heavy (non-hydrogen) atoms. The molecule has 0 aliphatic rings. The van der Waals surface area contributed by atoms with E-state index in [-0.39, 0.29) is 5.91 Å². The van der Waals surface area contributed by atoms with Gasteiger partial charge in [0.05, 0.1) is 5.69 Å². The Labute approximate surface area is 100 Å². The average Bonchev–Trinajstić information content (AvgIpc) is 2.90. The second-order valence-corrected chi connectivity index (χ2v) is 3.75. The van der Waals surface area contributed by atoms with E-state index in [0.717, 1.165) is 12.1 Å². The lowest BCUT2D eigenvalue weighted by Crippen LogP contribution is -2.23. The van der Waals surface area contributed by atoms with Crippen molar-refractivity contribution in [3.05, 3.63) is 48.3 Å². The zero-order valence-corrected chi connectivity index (χ0v) is 9.76. The minimum Gasteiger partial charge on any atom is -0.352 e. The maximum Gasteiger partial charge on any atom is 0.251 e. The molecule has 1 amide bonds. The summed E-state index contributed by atoms with van der Waals surface area (Å²) < 4.78 is 1.76. The third kappa shape index (κ3) is 2.72. The van der Waals surface area contributed by atoms with Gasteiger partial charge in [-0.15, -0.1) is 0 Å². The van der Waals surface area contributed by atoms with E-state index in [1.807, 2.05) is 43.5 Å². The summed E-state index contributed by atoms with van der Waals surface area (Å²) in [6, 6.07) is 9.24. The van der Waals surface area contributed by atoms with Crippen molar-refractivity contribution in [1.29, 1.82) is 0 Å². The van der Waals surface area contributed by atoms with Gasteiger partial charge >= 0.3 is 0 Å². The quantitative estimate of drug-likeness (QED) is 0.871. The van der Waals surface area contributed by atoms with Crippen LogP contribution in [-0.4, -0.2) is 22.2 Å². The van der Waals surface area contributed by atoms with Gasteiger partial charge in [0, 0.05) is 24.5 Å². The lowest BCUT2D eigenvalue weighted by Gasteiger charge is -2.05. The van der Waals surface area contributed by atoms with Crippen LogP contribution in [0.4, 0.5) is 0 Å². The van der Waals surface area contributed by atoms with Gasteiger partial charge in [0.2, 0.25) is 0 Å². The highest BCUT2D eigenvalue weighted by Gasteiger charge is 2.04. The molecule has 0 radical (unpaired) electrons. The first-order valence-corrected chi connectivity index (χ1v) is 5.69. The van der Waals surface area contributed by atoms with Crippen LogP contribution in [0.2, 0.25) is 0 Å². The molecule has 2 rings (SSSR count). The van der Waals surface area contributed by atoms with Crippen LogP contribution >= 0.6 is 0 Å². The number of nitrogens with one attached hydrogen (secondary N) is 1. The second-order valence-electron chi connectivity index (χ2n) is 3.75. The number of rotatable bonds is 4. The molecule has 4 nitrogen and oxygen atoms in total. The van der Waals surface area contributed by atoms with E-state index in [1.165, 1.54) is 0 Å². The normalized spacial score (nSPS) is 10.2. The van der Waals surface area contributed by atoms with Crippen molar-refractivity contribution in [1.82, 2.24) is 15.1 Å². The van der Waals surface area contributed by atoms with Crippen LogP contribution in [0, 0.1) is 0 Å². The fraction of sp³-hybridized carbons (Fsp3) is 0.231. The van der Waals surface area contributed by atoms with Gasteiger partial charge in [0.15, 0.2) is 0 Å². The Bertz CT molecular complexity index is 474. The van der Waals surface area contributed by atoms with E-state index in [2.05, 4.69) is 10.4 Å². The molecule has 0 saturated heterocycles. The number of benzene rings is 1. The van der Waals surface area contributed by atoms with Gasteiger partial charge in [-0.05, 0) is 36.8 Å². The number of carbonyl (C=O) groups excluding carboxylic acids is 1. The Morgan fingerprint density at radius 2 is 2.12 bits per heavy atom. The Morgan fingerprint density at radius 1 is 1.35 bits per heavy atom. The first kappa shape index (κ1) is 11.4. The SMILES string of the molecule is CCCNC(=O)c1ccc(-n2cccn2)cc1. The van der Waals surface area contributed by atoms with E-state index in [9.17, 15) is 4.79 Å². The number of hydrogen-bond acceptors (Lipinski definition) is 2. The minimum atomic E-state index is -0.0288. The van der Waals surface area contributed by atoms with E-state index < -0.39 is 0 Å². The van der Waals surface area contributed by atoms with E-state index in [1.54, 1.807) is 10.9 Å². The molecule has 0 bridgehead atoms. The van der Waals surface area contributed by atoms with Crippen LogP contribution < -0.4 is 5.32 Å². The van der Waals surface area contributed by atoms with Crippen molar-refractivity contribution in [3.8, 4) is 5.69 Å². The Kier molecular flexibility index (Phi) is 3.55. The van der Waals surface area contributed by atoms with Gasteiger partial charge in [-0.2, -0.15) is 5.10 Å².